The van der Waals surface area contributed by atoms with E-state index in [1.165, 1.54) is 0 Å². The van der Waals surface area contributed by atoms with Crippen molar-refractivity contribution in [3.05, 3.63) is 0 Å². The highest BCUT2D eigenvalue weighted by molar-refractivity contribution is 5.85. The zero-order valence-electron chi connectivity index (χ0n) is 10.6. The number of carboxylic acids is 1. The van der Waals surface area contributed by atoms with Gasteiger partial charge < -0.3 is 20.9 Å². The van der Waals surface area contributed by atoms with Crippen LogP contribution in [0.25, 0.3) is 0 Å². The molecule has 0 bridgehead atoms. The first-order valence-corrected chi connectivity index (χ1v) is 6.26. The number of carbonyl (C=O) groups is 2. The van der Waals surface area contributed by atoms with Crippen molar-refractivity contribution in [1.29, 1.82) is 0 Å². The van der Waals surface area contributed by atoms with Gasteiger partial charge in [-0.2, -0.15) is 0 Å². The molecule has 1 aliphatic heterocycles. The minimum absolute atomic E-state index is 0.0229. The Labute approximate surface area is 106 Å². The molecule has 6 nitrogen and oxygen atoms in total. The van der Waals surface area contributed by atoms with E-state index in [1.807, 2.05) is 0 Å². The molecule has 0 aromatic rings. The molecule has 18 heavy (non-hydrogen) atoms. The van der Waals surface area contributed by atoms with Crippen LogP contribution in [0.3, 0.4) is 0 Å². The van der Waals surface area contributed by atoms with Crippen molar-refractivity contribution in [2.45, 2.75) is 44.2 Å². The number of nitrogens with one attached hydrogen (secondary N) is 1. The van der Waals surface area contributed by atoms with Gasteiger partial charge in [-0.1, -0.05) is 0 Å². The zero-order chi connectivity index (χ0) is 13.4. The number of aliphatic carboxylic acids is 1. The molecular formula is C12H20N2O4. The van der Waals surface area contributed by atoms with Gasteiger partial charge >= 0.3 is 5.97 Å². The summed E-state index contributed by atoms with van der Waals surface area (Å²) in [5.41, 5.74) is 4.57. The van der Waals surface area contributed by atoms with Gasteiger partial charge in [-0.3, -0.25) is 9.59 Å². The molecule has 102 valence electrons. The van der Waals surface area contributed by atoms with Crippen molar-refractivity contribution < 1.29 is 19.4 Å². The van der Waals surface area contributed by atoms with Crippen LogP contribution in [0.15, 0.2) is 0 Å². The van der Waals surface area contributed by atoms with Crippen molar-refractivity contribution in [2.24, 2.45) is 11.1 Å². The lowest BCUT2D eigenvalue weighted by Gasteiger charge is -2.43. The minimum Gasteiger partial charge on any atom is -0.481 e. The lowest BCUT2D eigenvalue weighted by Crippen LogP contribution is -2.60. The molecule has 2 rings (SSSR count). The molecule has 1 aliphatic carbocycles. The number of carboxylic acid groups (broad SMARTS) is 1. The van der Waals surface area contributed by atoms with E-state index in [0.29, 0.717) is 13.2 Å². The standard InChI is InChI=1S/C12H20N2O4/c1-11(7-18-6-8(11)13)10(17)14-12(3-2-4-12)5-9(15)16/h8H,2-7,13H2,1H3,(H,14,17)(H,15,16). The summed E-state index contributed by atoms with van der Waals surface area (Å²) in [6.07, 6.45) is 2.37. The molecule has 1 saturated heterocycles. The minimum atomic E-state index is -0.882. The maximum atomic E-state index is 12.3. The number of nitrogens with two attached hydrogens (primary N) is 1. The average Bonchev–Trinajstić information content (AvgIpc) is 2.56. The summed E-state index contributed by atoms with van der Waals surface area (Å²) >= 11 is 0. The monoisotopic (exact) mass is 256 g/mol. The van der Waals surface area contributed by atoms with Gasteiger partial charge in [0.1, 0.15) is 0 Å². The first-order chi connectivity index (χ1) is 8.38. The predicted molar refractivity (Wildman–Crippen MR) is 63.9 cm³/mol. The number of rotatable bonds is 4. The summed E-state index contributed by atoms with van der Waals surface area (Å²) in [5, 5.41) is 11.8. The third kappa shape index (κ3) is 2.22. The number of amides is 1. The summed E-state index contributed by atoms with van der Waals surface area (Å²) in [6, 6.07) is -0.334. The van der Waals surface area contributed by atoms with Gasteiger partial charge in [0, 0.05) is 6.04 Å². The lowest BCUT2D eigenvalue weighted by molar-refractivity contribution is -0.141. The Morgan fingerprint density at radius 3 is 2.56 bits per heavy atom. The molecule has 1 heterocycles. The number of ether oxygens (including phenoxy) is 1. The van der Waals surface area contributed by atoms with E-state index in [4.69, 9.17) is 15.6 Å². The quantitative estimate of drug-likeness (QED) is 0.650. The fourth-order valence-corrected chi connectivity index (χ4v) is 2.55. The first kappa shape index (κ1) is 13.3. The second-order valence-corrected chi connectivity index (χ2v) is 5.70. The van der Waals surface area contributed by atoms with Gasteiger partial charge in [0.2, 0.25) is 5.91 Å². The van der Waals surface area contributed by atoms with Crippen LogP contribution < -0.4 is 11.1 Å². The summed E-state index contributed by atoms with van der Waals surface area (Å²) in [5.74, 6) is -1.07. The molecule has 0 spiro atoms. The van der Waals surface area contributed by atoms with E-state index in [1.54, 1.807) is 6.92 Å². The topological polar surface area (TPSA) is 102 Å². The Bertz CT molecular complexity index is 367. The van der Waals surface area contributed by atoms with Crippen LogP contribution in [0.4, 0.5) is 0 Å². The summed E-state index contributed by atoms with van der Waals surface area (Å²) in [6.45, 7) is 2.44. The smallest absolute Gasteiger partial charge is 0.305 e. The highest BCUT2D eigenvalue weighted by atomic mass is 16.5. The Morgan fingerprint density at radius 2 is 2.17 bits per heavy atom. The van der Waals surface area contributed by atoms with Crippen molar-refractivity contribution >= 4 is 11.9 Å². The molecular weight excluding hydrogens is 236 g/mol. The van der Waals surface area contributed by atoms with Crippen molar-refractivity contribution in [2.75, 3.05) is 13.2 Å². The summed E-state index contributed by atoms with van der Waals surface area (Å²) in [7, 11) is 0. The normalized spacial score (nSPS) is 33.8. The van der Waals surface area contributed by atoms with Crippen molar-refractivity contribution in [3.8, 4) is 0 Å². The fraction of sp³-hybridized carbons (Fsp3) is 0.833. The SMILES string of the molecule is CC1(C(=O)NC2(CC(=O)O)CCC2)COCC1N. The Hall–Kier alpha value is -1.14. The van der Waals surface area contributed by atoms with Gasteiger partial charge in [-0.05, 0) is 26.2 Å². The number of carbonyl (C=O) groups excluding carboxylic acids is 1. The van der Waals surface area contributed by atoms with E-state index in [2.05, 4.69) is 5.32 Å². The molecule has 1 saturated carbocycles. The van der Waals surface area contributed by atoms with Crippen LogP contribution in [0.2, 0.25) is 0 Å². The number of hydrogen-bond donors (Lipinski definition) is 3. The average molecular weight is 256 g/mol. The van der Waals surface area contributed by atoms with Gasteiger partial charge in [0.05, 0.1) is 30.6 Å². The summed E-state index contributed by atoms with van der Waals surface area (Å²) < 4.78 is 5.24. The highest BCUT2D eigenvalue weighted by Gasteiger charge is 2.49. The predicted octanol–water partition coefficient (Wildman–Crippen LogP) is -0.136. The Balaban J connectivity index is 2.04. The van der Waals surface area contributed by atoms with Gasteiger partial charge in [-0.25, -0.2) is 0 Å². The highest BCUT2D eigenvalue weighted by Crippen LogP contribution is 2.37. The molecule has 4 N–H and O–H groups in total. The van der Waals surface area contributed by atoms with Crippen LogP contribution in [0.5, 0.6) is 0 Å². The first-order valence-electron chi connectivity index (χ1n) is 6.26. The molecule has 0 radical (unpaired) electrons. The molecule has 0 aromatic heterocycles. The maximum Gasteiger partial charge on any atom is 0.305 e. The zero-order valence-corrected chi connectivity index (χ0v) is 10.6. The van der Waals surface area contributed by atoms with E-state index in [9.17, 15) is 9.59 Å². The largest absolute Gasteiger partial charge is 0.481 e. The summed E-state index contributed by atoms with van der Waals surface area (Å²) in [4.78, 5) is 23.2. The van der Waals surface area contributed by atoms with E-state index < -0.39 is 16.9 Å². The van der Waals surface area contributed by atoms with Crippen LogP contribution in [-0.4, -0.2) is 41.8 Å². The third-order valence-corrected chi connectivity index (χ3v) is 4.22. The fourth-order valence-electron chi connectivity index (χ4n) is 2.55. The van der Waals surface area contributed by atoms with Crippen LogP contribution in [0.1, 0.15) is 32.6 Å². The molecule has 2 aliphatic rings. The van der Waals surface area contributed by atoms with Gasteiger partial charge in [0.15, 0.2) is 0 Å². The van der Waals surface area contributed by atoms with Crippen LogP contribution in [-0.2, 0) is 14.3 Å². The molecule has 2 unspecified atom stereocenters. The Kier molecular flexibility index (Phi) is 3.33. The van der Waals surface area contributed by atoms with E-state index in [-0.39, 0.29) is 18.4 Å². The second kappa shape index (κ2) is 4.51. The van der Waals surface area contributed by atoms with Crippen LogP contribution in [0, 0.1) is 5.41 Å². The van der Waals surface area contributed by atoms with Gasteiger partial charge in [0.25, 0.3) is 0 Å². The lowest BCUT2D eigenvalue weighted by atomic mass is 9.73. The van der Waals surface area contributed by atoms with E-state index in [0.717, 1.165) is 19.3 Å². The Morgan fingerprint density at radius 1 is 1.50 bits per heavy atom. The van der Waals surface area contributed by atoms with Crippen molar-refractivity contribution in [3.63, 3.8) is 0 Å². The van der Waals surface area contributed by atoms with Crippen LogP contribution >= 0.6 is 0 Å². The molecule has 2 fully saturated rings. The maximum absolute atomic E-state index is 12.3. The van der Waals surface area contributed by atoms with Gasteiger partial charge in [-0.15, -0.1) is 0 Å². The van der Waals surface area contributed by atoms with Crippen molar-refractivity contribution in [1.82, 2.24) is 5.32 Å². The third-order valence-electron chi connectivity index (χ3n) is 4.22. The molecule has 0 aromatic carbocycles. The molecule has 6 heteroatoms. The second-order valence-electron chi connectivity index (χ2n) is 5.70. The molecule has 2 atom stereocenters. The molecule has 1 amide bonds. The number of hydrogen-bond acceptors (Lipinski definition) is 4. The van der Waals surface area contributed by atoms with E-state index >= 15 is 0 Å².